The fraction of sp³-hybridized carbons (Fsp3) is 0.455. The van der Waals surface area contributed by atoms with Gasteiger partial charge in [-0.3, -0.25) is 4.57 Å². The van der Waals surface area contributed by atoms with Crippen molar-refractivity contribution in [2.24, 2.45) is 0 Å². The Hall–Kier alpha value is -1.83. The Morgan fingerprint density at radius 3 is 2.95 bits per heavy atom. The first kappa shape index (κ1) is 12.2. The molecule has 19 heavy (non-hydrogen) atoms. The Morgan fingerprint density at radius 2 is 2.26 bits per heavy atom. The van der Waals surface area contributed by atoms with Gasteiger partial charge in [0.2, 0.25) is 5.95 Å². The van der Waals surface area contributed by atoms with E-state index >= 15 is 0 Å². The SMILES string of the molecule is CNc1nc(C)cc(Sc2n[nH]c(=O)n2C2CC2)n1. The van der Waals surface area contributed by atoms with Crippen molar-refractivity contribution in [3.05, 3.63) is 22.2 Å². The molecular formula is C11H14N6OS. The summed E-state index contributed by atoms with van der Waals surface area (Å²) in [6, 6.07) is 2.17. The van der Waals surface area contributed by atoms with Crippen LogP contribution in [0.15, 0.2) is 21.0 Å². The maximum Gasteiger partial charge on any atom is 0.344 e. The van der Waals surface area contributed by atoms with Crippen LogP contribution in [0, 0.1) is 6.92 Å². The highest BCUT2D eigenvalue weighted by atomic mass is 32.2. The van der Waals surface area contributed by atoms with E-state index in [0.29, 0.717) is 17.1 Å². The largest absolute Gasteiger partial charge is 0.357 e. The number of aromatic amines is 1. The minimum Gasteiger partial charge on any atom is -0.357 e. The molecule has 2 aromatic heterocycles. The lowest BCUT2D eigenvalue weighted by Crippen LogP contribution is -2.16. The standard InChI is InChI=1S/C11H14N6OS/c1-6-5-8(14-9(12-2)13-6)19-11-16-15-10(18)17(11)7-3-4-7/h5,7H,3-4H2,1-2H3,(H,15,18)(H,12,13,14). The summed E-state index contributed by atoms with van der Waals surface area (Å²) in [6.45, 7) is 1.91. The van der Waals surface area contributed by atoms with Gasteiger partial charge in [-0.2, -0.15) is 0 Å². The highest BCUT2D eigenvalue weighted by Crippen LogP contribution is 2.37. The summed E-state index contributed by atoms with van der Waals surface area (Å²) in [4.78, 5) is 20.3. The Bertz CT molecular complexity index is 659. The summed E-state index contributed by atoms with van der Waals surface area (Å²) in [6.07, 6.45) is 2.08. The smallest absolute Gasteiger partial charge is 0.344 e. The zero-order valence-electron chi connectivity index (χ0n) is 10.7. The molecule has 0 unspecified atom stereocenters. The van der Waals surface area contributed by atoms with E-state index in [1.54, 1.807) is 11.6 Å². The molecule has 2 N–H and O–H groups in total. The molecule has 1 saturated carbocycles. The monoisotopic (exact) mass is 278 g/mol. The van der Waals surface area contributed by atoms with Crippen molar-refractivity contribution in [3.63, 3.8) is 0 Å². The quantitative estimate of drug-likeness (QED) is 0.817. The molecule has 0 amide bonds. The van der Waals surface area contributed by atoms with Crippen LogP contribution in [0.5, 0.6) is 0 Å². The van der Waals surface area contributed by atoms with Crippen LogP contribution in [0.4, 0.5) is 5.95 Å². The number of rotatable bonds is 4. The predicted molar refractivity (Wildman–Crippen MR) is 71.6 cm³/mol. The number of hydrogen-bond donors (Lipinski definition) is 2. The number of nitrogens with one attached hydrogen (secondary N) is 2. The van der Waals surface area contributed by atoms with E-state index < -0.39 is 0 Å². The van der Waals surface area contributed by atoms with Gasteiger partial charge in [-0.05, 0) is 37.6 Å². The van der Waals surface area contributed by atoms with E-state index in [4.69, 9.17) is 0 Å². The molecule has 2 heterocycles. The van der Waals surface area contributed by atoms with Gasteiger partial charge in [0.05, 0.1) is 0 Å². The van der Waals surface area contributed by atoms with Crippen LogP contribution in [-0.4, -0.2) is 31.8 Å². The average molecular weight is 278 g/mol. The number of aromatic nitrogens is 5. The molecule has 1 aliphatic rings. The fourth-order valence-electron chi connectivity index (χ4n) is 1.81. The summed E-state index contributed by atoms with van der Waals surface area (Å²) in [5, 5.41) is 10.9. The predicted octanol–water partition coefficient (Wildman–Crippen LogP) is 1.20. The molecule has 0 saturated heterocycles. The van der Waals surface area contributed by atoms with Crippen molar-refractivity contribution >= 4 is 17.7 Å². The van der Waals surface area contributed by atoms with Gasteiger partial charge in [-0.15, -0.1) is 5.10 Å². The molecule has 3 rings (SSSR count). The molecule has 0 spiro atoms. The van der Waals surface area contributed by atoms with Crippen LogP contribution >= 0.6 is 11.8 Å². The van der Waals surface area contributed by atoms with Crippen LogP contribution < -0.4 is 11.0 Å². The molecule has 100 valence electrons. The molecular weight excluding hydrogens is 264 g/mol. The van der Waals surface area contributed by atoms with Crippen molar-refractivity contribution in [3.8, 4) is 0 Å². The van der Waals surface area contributed by atoms with Crippen LogP contribution in [0.2, 0.25) is 0 Å². The maximum absolute atomic E-state index is 11.7. The lowest BCUT2D eigenvalue weighted by Gasteiger charge is -2.05. The van der Waals surface area contributed by atoms with E-state index in [-0.39, 0.29) is 5.69 Å². The molecule has 1 aliphatic carbocycles. The van der Waals surface area contributed by atoms with Crippen LogP contribution in [0.3, 0.4) is 0 Å². The number of nitrogens with zero attached hydrogens (tertiary/aromatic N) is 4. The lowest BCUT2D eigenvalue weighted by molar-refractivity contribution is 0.642. The van der Waals surface area contributed by atoms with Crippen molar-refractivity contribution in [2.45, 2.75) is 36.0 Å². The molecule has 0 radical (unpaired) electrons. The van der Waals surface area contributed by atoms with Crippen LogP contribution in [0.25, 0.3) is 0 Å². The Kier molecular flexibility index (Phi) is 3.02. The van der Waals surface area contributed by atoms with Gasteiger partial charge in [0.15, 0.2) is 5.16 Å². The van der Waals surface area contributed by atoms with Crippen molar-refractivity contribution in [2.75, 3.05) is 12.4 Å². The second-order valence-electron chi connectivity index (χ2n) is 4.44. The molecule has 7 nitrogen and oxygen atoms in total. The number of aryl methyl sites for hydroxylation is 1. The highest BCUT2D eigenvalue weighted by molar-refractivity contribution is 7.99. The first-order valence-electron chi connectivity index (χ1n) is 6.05. The van der Waals surface area contributed by atoms with Crippen LogP contribution in [-0.2, 0) is 0 Å². The Labute approximate surface area is 113 Å². The van der Waals surface area contributed by atoms with Crippen molar-refractivity contribution in [1.82, 2.24) is 24.7 Å². The molecule has 0 aromatic carbocycles. The molecule has 8 heteroatoms. The zero-order valence-corrected chi connectivity index (χ0v) is 11.5. The number of hydrogen-bond acceptors (Lipinski definition) is 6. The number of anilines is 1. The second kappa shape index (κ2) is 4.69. The van der Waals surface area contributed by atoms with E-state index in [1.807, 2.05) is 13.0 Å². The van der Waals surface area contributed by atoms with Gasteiger partial charge in [0, 0.05) is 18.8 Å². The van der Waals surface area contributed by atoms with Gasteiger partial charge in [0.1, 0.15) is 5.03 Å². The average Bonchev–Trinajstić information content (AvgIpc) is 3.14. The molecule has 2 aromatic rings. The summed E-state index contributed by atoms with van der Waals surface area (Å²) in [5.41, 5.74) is 0.724. The van der Waals surface area contributed by atoms with Crippen molar-refractivity contribution < 1.29 is 0 Å². The lowest BCUT2D eigenvalue weighted by atomic mass is 10.5. The Morgan fingerprint density at radius 1 is 1.47 bits per heavy atom. The zero-order chi connectivity index (χ0) is 13.4. The highest BCUT2D eigenvalue weighted by Gasteiger charge is 2.28. The van der Waals surface area contributed by atoms with Gasteiger partial charge < -0.3 is 5.32 Å². The number of H-pyrrole nitrogens is 1. The van der Waals surface area contributed by atoms with Gasteiger partial charge in [-0.25, -0.2) is 19.9 Å². The van der Waals surface area contributed by atoms with E-state index in [0.717, 1.165) is 23.6 Å². The topological polar surface area (TPSA) is 88.5 Å². The summed E-state index contributed by atoms with van der Waals surface area (Å²) in [7, 11) is 1.78. The molecule has 0 aliphatic heterocycles. The van der Waals surface area contributed by atoms with Gasteiger partial charge in [0.25, 0.3) is 0 Å². The first-order chi connectivity index (χ1) is 9.17. The fourth-order valence-corrected chi connectivity index (χ4v) is 2.78. The normalized spacial score (nSPS) is 14.6. The molecule has 0 bridgehead atoms. The maximum atomic E-state index is 11.7. The Balaban J connectivity index is 1.93. The van der Waals surface area contributed by atoms with Crippen molar-refractivity contribution in [1.29, 1.82) is 0 Å². The molecule has 0 atom stereocenters. The molecule has 1 fully saturated rings. The minimum absolute atomic E-state index is 0.149. The van der Waals surface area contributed by atoms with Gasteiger partial charge in [-0.1, -0.05) is 0 Å². The second-order valence-corrected chi connectivity index (χ2v) is 5.42. The summed E-state index contributed by atoms with van der Waals surface area (Å²) in [5.74, 6) is 0.568. The van der Waals surface area contributed by atoms with Gasteiger partial charge >= 0.3 is 5.69 Å². The van der Waals surface area contributed by atoms with E-state index in [2.05, 4.69) is 25.5 Å². The van der Waals surface area contributed by atoms with Crippen LogP contribution in [0.1, 0.15) is 24.6 Å². The third-order valence-electron chi connectivity index (χ3n) is 2.83. The third-order valence-corrected chi connectivity index (χ3v) is 3.72. The first-order valence-corrected chi connectivity index (χ1v) is 6.87. The summed E-state index contributed by atoms with van der Waals surface area (Å²) < 4.78 is 1.71. The summed E-state index contributed by atoms with van der Waals surface area (Å²) >= 11 is 1.38. The van der Waals surface area contributed by atoms with E-state index in [9.17, 15) is 4.79 Å². The minimum atomic E-state index is -0.149. The van der Waals surface area contributed by atoms with E-state index in [1.165, 1.54) is 11.8 Å². The third kappa shape index (κ3) is 2.48.